The number of ether oxygens (including phenoxy) is 2. The molecular weight excluding hydrogens is 368 g/mol. The Bertz CT molecular complexity index is 897. The molecule has 3 rings (SSSR count). The molecule has 1 N–H and O–H groups in total. The largest absolute Gasteiger partial charge is 0.493 e. The summed E-state index contributed by atoms with van der Waals surface area (Å²) >= 11 is 0. The van der Waals surface area contributed by atoms with Crippen LogP contribution >= 0.6 is 0 Å². The van der Waals surface area contributed by atoms with Crippen LogP contribution in [-0.4, -0.2) is 73.1 Å². The molecule has 2 heterocycles. The molecule has 1 fully saturated rings. The minimum atomic E-state index is -1.16. The molecule has 0 radical (unpaired) electrons. The van der Waals surface area contributed by atoms with Crippen LogP contribution in [0.5, 0.6) is 11.5 Å². The van der Waals surface area contributed by atoms with Gasteiger partial charge in [-0.15, -0.1) is 0 Å². The number of aromatic carboxylic acids is 1. The summed E-state index contributed by atoms with van der Waals surface area (Å²) < 4.78 is 15.5. The highest BCUT2D eigenvalue weighted by Gasteiger charge is 2.28. The summed E-state index contributed by atoms with van der Waals surface area (Å²) in [5.74, 6) is -0.752. The second-order valence-corrected chi connectivity index (χ2v) is 6.16. The van der Waals surface area contributed by atoms with Crippen LogP contribution < -0.4 is 9.47 Å². The molecule has 1 saturated heterocycles. The molecule has 0 bridgehead atoms. The average Bonchev–Trinajstić information content (AvgIpc) is 3.23. The highest BCUT2D eigenvalue weighted by molar-refractivity contribution is 5.97. The normalized spacial score (nSPS) is 13.9. The molecule has 0 unspecified atom stereocenters. The second-order valence-electron chi connectivity index (χ2n) is 6.16. The van der Waals surface area contributed by atoms with Gasteiger partial charge in [0.25, 0.3) is 11.8 Å². The first-order chi connectivity index (χ1) is 13.4. The van der Waals surface area contributed by atoms with E-state index in [4.69, 9.17) is 19.0 Å². The van der Waals surface area contributed by atoms with Crippen molar-refractivity contribution in [3.63, 3.8) is 0 Å². The van der Waals surface area contributed by atoms with Crippen LogP contribution in [0.4, 0.5) is 0 Å². The second kappa shape index (κ2) is 8.03. The zero-order chi connectivity index (χ0) is 20.3. The number of hydrogen-bond donors (Lipinski definition) is 1. The maximum absolute atomic E-state index is 12.7. The summed E-state index contributed by atoms with van der Waals surface area (Å²) in [5, 5.41) is 8.92. The lowest BCUT2D eigenvalue weighted by Crippen LogP contribution is -2.50. The Labute approximate surface area is 161 Å². The minimum Gasteiger partial charge on any atom is -0.493 e. The molecule has 0 aliphatic carbocycles. The van der Waals surface area contributed by atoms with Gasteiger partial charge in [0.1, 0.15) is 6.26 Å². The summed E-state index contributed by atoms with van der Waals surface area (Å²) in [7, 11) is 3.02. The Balaban J connectivity index is 1.63. The van der Waals surface area contributed by atoms with Gasteiger partial charge < -0.3 is 28.8 Å². The Hall–Kier alpha value is -3.49. The summed E-state index contributed by atoms with van der Waals surface area (Å²) in [6.45, 7) is 1.35. The van der Waals surface area contributed by atoms with Crippen LogP contribution in [0.1, 0.15) is 31.3 Å². The number of carboxylic acid groups (broad SMARTS) is 1. The minimum absolute atomic E-state index is 0.0305. The number of carbonyl (C=O) groups is 3. The predicted octanol–water partition coefficient (Wildman–Crippen LogP) is 1.59. The van der Waals surface area contributed by atoms with E-state index in [1.807, 2.05) is 0 Å². The smallest absolute Gasteiger partial charge is 0.338 e. The predicted molar refractivity (Wildman–Crippen MR) is 97.0 cm³/mol. The molecule has 28 heavy (non-hydrogen) atoms. The fourth-order valence-electron chi connectivity index (χ4n) is 2.98. The van der Waals surface area contributed by atoms with Crippen molar-refractivity contribution in [2.75, 3.05) is 40.4 Å². The highest BCUT2D eigenvalue weighted by Crippen LogP contribution is 2.28. The van der Waals surface area contributed by atoms with Crippen molar-refractivity contribution in [3.05, 3.63) is 47.4 Å². The molecule has 1 aromatic carbocycles. The first kappa shape index (κ1) is 19.3. The summed E-state index contributed by atoms with van der Waals surface area (Å²) in [6.07, 6.45) is 1.03. The standard InChI is InChI=1S/C19H20N2O7/c1-26-14-4-3-12(9-15(14)27-2)17(22)20-5-7-21(8-6-20)18(23)16-10-13(11-28-16)19(24)25/h3-4,9-11H,5-8H2,1-2H3,(H,24,25). The van der Waals surface area contributed by atoms with Gasteiger partial charge in [-0.05, 0) is 18.2 Å². The fraction of sp³-hybridized carbons (Fsp3) is 0.316. The van der Waals surface area contributed by atoms with Gasteiger partial charge in [0.05, 0.1) is 19.8 Å². The van der Waals surface area contributed by atoms with Crippen LogP contribution in [0.3, 0.4) is 0 Å². The highest BCUT2D eigenvalue weighted by atomic mass is 16.5. The number of carbonyl (C=O) groups excluding carboxylic acids is 2. The number of furan rings is 1. The Morgan fingerprint density at radius 1 is 0.893 bits per heavy atom. The van der Waals surface area contributed by atoms with Gasteiger partial charge in [-0.25, -0.2) is 4.79 Å². The Morgan fingerprint density at radius 2 is 1.50 bits per heavy atom. The van der Waals surface area contributed by atoms with Crippen molar-refractivity contribution < 1.29 is 33.4 Å². The van der Waals surface area contributed by atoms with Gasteiger partial charge >= 0.3 is 5.97 Å². The van der Waals surface area contributed by atoms with Gasteiger partial charge in [0, 0.05) is 37.8 Å². The topological polar surface area (TPSA) is 110 Å². The van der Waals surface area contributed by atoms with Crippen LogP contribution in [0.25, 0.3) is 0 Å². The monoisotopic (exact) mass is 388 g/mol. The Morgan fingerprint density at radius 3 is 2.04 bits per heavy atom. The number of methoxy groups -OCH3 is 2. The molecular formula is C19H20N2O7. The molecule has 9 heteroatoms. The Kier molecular flexibility index (Phi) is 5.53. The van der Waals surface area contributed by atoms with E-state index in [0.29, 0.717) is 43.2 Å². The lowest BCUT2D eigenvalue weighted by atomic mass is 10.1. The van der Waals surface area contributed by atoms with Crippen molar-refractivity contribution in [3.8, 4) is 11.5 Å². The van der Waals surface area contributed by atoms with Crippen molar-refractivity contribution in [1.29, 1.82) is 0 Å². The molecule has 1 aliphatic heterocycles. The van der Waals surface area contributed by atoms with E-state index in [-0.39, 0.29) is 17.2 Å². The van der Waals surface area contributed by atoms with Gasteiger partial charge in [-0.1, -0.05) is 0 Å². The average molecular weight is 388 g/mol. The zero-order valence-corrected chi connectivity index (χ0v) is 15.5. The van der Waals surface area contributed by atoms with E-state index in [9.17, 15) is 14.4 Å². The van der Waals surface area contributed by atoms with Gasteiger partial charge in [0.15, 0.2) is 17.3 Å². The number of nitrogens with zero attached hydrogens (tertiary/aromatic N) is 2. The van der Waals surface area contributed by atoms with Gasteiger partial charge in [-0.3, -0.25) is 9.59 Å². The van der Waals surface area contributed by atoms with Gasteiger partial charge in [-0.2, -0.15) is 0 Å². The molecule has 2 amide bonds. The SMILES string of the molecule is COc1ccc(C(=O)N2CCN(C(=O)c3cc(C(=O)O)co3)CC2)cc1OC. The summed E-state index contributed by atoms with van der Waals surface area (Å²) in [6, 6.07) is 6.15. The molecule has 0 saturated carbocycles. The van der Waals surface area contributed by atoms with Crippen molar-refractivity contribution >= 4 is 17.8 Å². The summed E-state index contributed by atoms with van der Waals surface area (Å²) in [4.78, 5) is 39.3. The van der Waals surface area contributed by atoms with Crippen LogP contribution in [0.15, 0.2) is 34.9 Å². The van der Waals surface area contributed by atoms with E-state index in [1.165, 1.54) is 25.2 Å². The van der Waals surface area contributed by atoms with Crippen LogP contribution in [0.2, 0.25) is 0 Å². The zero-order valence-electron chi connectivity index (χ0n) is 15.5. The van der Waals surface area contributed by atoms with E-state index in [2.05, 4.69) is 0 Å². The lowest BCUT2D eigenvalue weighted by Gasteiger charge is -2.34. The van der Waals surface area contributed by atoms with Crippen molar-refractivity contribution in [2.45, 2.75) is 0 Å². The third-order valence-electron chi connectivity index (χ3n) is 4.54. The molecule has 2 aromatic rings. The van der Waals surface area contributed by atoms with E-state index in [0.717, 1.165) is 6.26 Å². The number of carboxylic acids is 1. The maximum Gasteiger partial charge on any atom is 0.338 e. The number of piperazine rings is 1. The van der Waals surface area contributed by atoms with Gasteiger partial charge in [0.2, 0.25) is 0 Å². The molecule has 0 atom stereocenters. The first-order valence-corrected chi connectivity index (χ1v) is 8.57. The maximum atomic E-state index is 12.7. The van der Waals surface area contributed by atoms with E-state index in [1.54, 1.807) is 23.1 Å². The summed E-state index contributed by atoms with van der Waals surface area (Å²) in [5.41, 5.74) is 0.389. The molecule has 1 aromatic heterocycles. The molecule has 1 aliphatic rings. The third-order valence-corrected chi connectivity index (χ3v) is 4.54. The van der Waals surface area contributed by atoms with E-state index < -0.39 is 11.9 Å². The molecule has 0 spiro atoms. The van der Waals surface area contributed by atoms with E-state index >= 15 is 0 Å². The number of benzene rings is 1. The molecule has 9 nitrogen and oxygen atoms in total. The first-order valence-electron chi connectivity index (χ1n) is 8.57. The van der Waals surface area contributed by atoms with Crippen molar-refractivity contribution in [1.82, 2.24) is 9.80 Å². The lowest BCUT2D eigenvalue weighted by molar-refractivity contribution is 0.0518. The number of rotatable bonds is 5. The van der Waals surface area contributed by atoms with Crippen molar-refractivity contribution in [2.24, 2.45) is 0 Å². The van der Waals surface area contributed by atoms with Crippen LogP contribution in [-0.2, 0) is 0 Å². The molecule has 148 valence electrons. The quantitative estimate of drug-likeness (QED) is 0.828. The van der Waals surface area contributed by atoms with Crippen LogP contribution in [0, 0.1) is 0 Å². The number of hydrogen-bond acceptors (Lipinski definition) is 6. The third kappa shape index (κ3) is 3.78. The number of amides is 2. The fourth-order valence-corrected chi connectivity index (χ4v) is 2.98.